The molecule has 0 spiro atoms. The van der Waals surface area contributed by atoms with Crippen LogP contribution in [-0.4, -0.2) is 22.8 Å². The molecule has 1 fully saturated rings. The highest BCUT2D eigenvalue weighted by atomic mass is 32.1. The highest BCUT2D eigenvalue weighted by Crippen LogP contribution is 2.25. The predicted octanol–water partition coefficient (Wildman–Crippen LogP) is 1.02. The molecule has 19 heavy (non-hydrogen) atoms. The van der Waals surface area contributed by atoms with Crippen LogP contribution in [0.15, 0.2) is 24.3 Å². The lowest BCUT2D eigenvalue weighted by Gasteiger charge is -2.22. The quantitative estimate of drug-likeness (QED) is 0.764. The fraction of sp³-hybridized carbons (Fsp3) is 0.250. The Kier molecular flexibility index (Phi) is 3.14. The molecular weight excluding hydrogens is 264 g/mol. The van der Waals surface area contributed by atoms with Crippen LogP contribution in [0.5, 0.6) is 0 Å². The highest BCUT2D eigenvalue weighted by Gasteiger charge is 2.24. The number of carbonyl (C=O) groups excluding carboxylic acids is 2. The summed E-state index contributed by atoms with van der Waals surface area (Å²) in [5.41, 5.74) is 6.01. The van der Waals surface area contributed by atoms with Crippen LogP contribution in [0.3, 0.4) is 0 Å². The summed E-state index contributed by atoms with van der Waals surface area (Å²) < 4.78 is 1.03. The van der Waals surface area contributed by atoms with Crippen LogP contribution in [0.1, 0.15) is 12.8 Å². The van der Waals surface area contributed by atoms with Gasteiger partial charge < -0.3 is 5.32 Å². The number of fused-ring (bicyclic) bond motifs is 1. The molecule has 1 unspecified atom stereocenters. The van der Waals surface area contributed by atoms with E-state index in [1.807, 2.05) is 24.3 Å². The maximum absolute atomic E-state index is 12.0. The molecule has 1 aliphatic heterocycles. The lowest BCUT2D eigenvalue weighted by molar-refractivity contribution is -0.126. The van der Waals surface area contributed by atoms with Gasteiger partial charge in [-0.2, -0.15) is 0 Å². The van der Waals surface area contributed by atoms with E-state index >= 15 is 0 Å². The lowest BCUT2D eigenvalue weighted by atomic mass is 10.1. The predicted molar refractivity (Wildman–Crippen MR) is 72.6 cm³/mol. The molecule has 2 aromatic rings. The fourth-order valence-corrected chi connectivity index (χ4v) is 2.76. The van der Waals surface area contributed by atoms with E-state index in [0.717, 1.165) is 10.2 Å². The van der Waals surface area contributed by atoms with Crippen LogP contribution in [0.4, 0.5) is 5.13 Å². The van der Waals surface area contributed by atoms with Crippen LogP contribution in [0.2, 0.25) is 0 Å². The molecule has 98 valence electrons. The number of carbonyl (C=O) groups is 2. The average Bonchev–Trinajstić information content (AvgIpc) is 2.81. The zero-order chi connectivity index (χ0) is 13.2. The molecule has 0 aliphatic carbocycles. The number of para-hydroxylation sites is 1. The Morgan fingerprint density at radius 2 is 2.26 bits per heavy atom. The molecular formula is C12H12N4O2S. The van der Waals surface area contributed by atoms with Crippen molar-refractivity contribution in [3.8, 4) is 0 Å². The first kappa shape index (κ1) is 12.1. The average molecular weight is 276 g/mol. The minimum Gasteiger partial charge on any atom is -0.301 e. The topological polar surface area (TPSA) is 83.1 Å². The minimum atomic E-state index is -0.412. The molecule has 3 rings (SSSR count). The summed E-state index contributed by atoms with van der Waals surface area (Å²) in [6, 6.07) is 7.29. The molecule has 7 heteroatoms. The minimum absolute atomic E-state index is 0.0935. The number of hydrogen-bond donors (Lipinski definition) is 3. The van der Waals surface area contributed by atoms with Crippen molar-refractivity contribution in [1.29, 1.82) is 0 Å². The highest BCUT2D eigenvalue weighted by molar-refractivity contribution is 7.22. The van der Waals surface area contributed by atoms with Crippen molar-refractivity contribution in [2.75, 3.05) is 5.32 Å². The maximum atomic E-state index is 12.0. The van der Waals surface area contributed by atoms with Gasteiger partial charge in [0.1, 0.15) is 6.04 Å². The second-order valence-corrected chi connectivity index (χ2v) is 5.29. The van der Waals surface area contributed by atoms with E-state index in [1.165, 1.54) is 11.3 Å². The number of hydrogen-bond acceptors (Lipinski definition) is 5. The first-order valence-electron chi connectivity index (χ1n) is 5.93. The Labute approximate surface area is 113 Å². The molecule has 6 nitrogen and oxygen atoms in total. The van der Waals surface area contributed by atoms with E-state index in [0.29, 0.717) is 18.0 Å². The lowest BCUT2D eigenvalue weighted by Crippen LogP contribution is -2.54. The van der Waals surface area contributed by atoms with Gasteiger partial charge in [0.2, 0.25) is 11.8 Å². The Morgan fingerprint density at radius 1 is 1.42 bits per heavy atom. The molecule has 1 saturated heterocycles. The number of thiazole rings is 1. The van der Waals surface area contributed by atoms with Gasteiger partial charge in [0, 0.05) is 6.42 Å². The van der Waals surface area contributed by atoms with E-state index in [9.17, 15) is 9.59 Å². The number of hydrazine groups is 1. The second kappa shape index (κ2) is 4.94. The number of aromatic nitrogens is 1. The molecule has 0 radical (unpaired) electrons. The normalized spacial score (nSPS) is 19.2. The monoisotopic (exact) mass is 276 g/mol. The summed E-state index contributed by atoms with van der Waals surface area (Å²) in [4.78, 5) is 27.3. The number of nitrogens with one attached hydrogen (secondary N) is 3. The smallest absolute Gasteiger partial charge is 0.245 e. The van der Waals surface area contributed by atoms with E-state index in [4.69, 9.17) is 0 Å². The molecule has 0 bridgehead atoms. The molecule has 1 atom stereocenters. The standard InChI is InChI=1S/C12H12N4O2S/c17-10-6-5-8(15-16-10)11(18)14-12-13-7-3-1-2-4-9(7)19-12/h1-4,8,15H,5-6H2,(H,16,17)(H,13,14,18). The van der Waals surface area contributed by atoms with Gasteiger partial charge in [-0.3, -0.25) is 15.0 Å². The van der Waals surface area contributed by atoms with Crippen molar-refractivity contribution in [2.45, 2.75) is 18.9 Å². The molecule has 1 aromatic heterocycles. The third kappa shape index (κ3) is 2.56. The Morgan fingerprint density at radius 3 is 3.00 bits per heavy atom. The number of amides is 2. The van der Waals surface area contributed by atoms with Gasteiger partial charge in [0.15, 0.2) is 5.13 Å². The van der Waals surface area contributed by atoms with Gasteiger partial charge in [-0.05, 0) is 18.6 Å². The Bertz CT molecular complexity index is 596. The Balaban J connectivity index is 1.70. The van der Waals surface area contributed by atoms with E-state index in [1.54, 1.807) is 0 Å². The molecule has 0 saturated carbocycles. The summed E-state index contributed by atoms with van der Waals surface area (Å²) >= 11 is 1.43. The van der Waals surface area contributed by atoms with Gasteiger partial charge in [0.05, 0.1) is 10.2 Å². The maximum Gasteiger partial charge on any atom is 0.245 e. The zero-order valence-corrected chi connectivity index (χ0v) is 10.8. The summed E-state index contributed by atoms with van der Waals surface area (Å²) in [6.07, 6.45) is 0.841. The van der Waals surface area contributed by atoms with Gasteiger partial charge in [-0.1, -0.05) is 23.5 Å². The molecule has 2 amide bonds. The molecule has 1 aliphatic rings. The van der Waals surface area contributed by atoms with Crippen molar-refractivity contribution in [3.63, 3.8) is 0 Å². The van der Waals surface area contributed by atoms with Crippen molar-refractivity contribution in [1.82, 2.24) is 15.8 Å². The summed E-state index contributed by atoms with van der Waals surface area (Å²) in [6.45, 7) is 0. The number of anilines is 1. The zero-order valence-electron chi connectivity index (χ0n) is 9.97. The summed E-state index contributed by atoms with van der Waals surface area (Å²) in [5, 5.41) is 3.34. The van der Waals surface area contributed by atoms with Crippen LogP contribution >= 0.6 is 11.3 Å². The van der Waals surface area contributed by atoms with Crippen LogP contribution in [0.25, 0.3) is 10.2 Å². The summed E-state index contributed by atoms with van der Waals surface area (Å²) in [5.74, 6) is -0.275. The first-order chi connectivity index (χ1) is 9.22. The third-order valence-corrected chi connectivity index (χ3v) is 3.84. The second-order valence-electron chi connectivity index (χ2n) is 4.26. The van der Waals surface area contributed by atoms with Gasteiger partial charge in [-0.25, -0.2) is 10.4 Å². The van der Waals surface area contributed by atoms with E-state index < -0.39 is 6.04 Å². The largest absolute Gasteiger partial charge is 0.301 e. The van der Waals surface area contributed by atoms with E-state index in [-0.39, 0.29) is 11.8 Å². The van der Waals surface area contributed by atoms with Crippen molar-refractivity contribution in [2.24, 2.45) is 0 Å². The van der Waals surface area contributed by atoms with Crippen molar-refractivity contribution < 1.29 is 9.59 Å². The molecule has 3 N–H and O–H groups in total. The van der Waals surface area contributed by atoms with Crippen molar-refractivity contribution in [3.05, 3.63) is 24.3 Å². The van der Waals surface area contributed by atoms with Gasteiger partial charge >= 0.3 is 0 Å². The van der Waals surface area contributed by atoms with Crippen molar-refractivity contribution >= 4 is 38.5 Å². The van der Waals surface area contributed by atoms with Crippen LogP contribution < -0.4 is 16.2 Å². The van der Waals surface area contributed by atoms with Crippen LogP contribution in [-0.2, 0) is 9.59 Å². The number of nitrogens with zero attached hydrogens (tertiary/aromatic N) is 1. The fourth-order valence-electron chi connectivity index (χ4n) is 1.89. The number of benzene rings is 1. The SMILES string of the molecule is O=C1CCC(C(=O)Nc2nc3ccccc3s2)NN1. The Hall–Kier alpha value is -1.99. The van der Waals surface area contributed by atoms with Gasteiger partial charge in [-0.15, -0.1) is 0 Å². The summed E-state index contributed by atoms with van der Waals surface area (Å²) in [7, 11) is 0. The van der Waals surface area contributed by atoms with E-state index in [2.05, 4.69) is 21.2 Å². The number of rotatable bonds is 2. The van der Waals surface area contributed by atoms with Crippen LogP contribution in [0, 0.1) is 0 Å². The third-order valence-electron chi connectivity index (χ3n) is 2.89. The molecule has 1 aromatic carbocycles. The van der Waals surface area contributed by atoms with Gasteiger partial charge in [0.25, 0.3) is 0 Å². The first-order valence-corrected chi connectivity index (χ1v) is 6.75. The molecule has 2 heterocycles.